The second kappa shape index (κ2) is 7.93. The number of nitrogens with zero attached hydrogens (tertiary/aromatic N) is 1. The maximum atomic E-state index is 13.1. The summed E-state index contributed by atoms with van der Waals surface area (Å²) in [5.41, 5.74) is 2.91. The standard InChI is InChI=1S/C21H24N2O4S2/c1-3-11-23-19-10-8-16(13-20(19)28-21(23)24)29(25,26)22-18-6-4-5-14-12-15(27-2)7-9-17(14)18/h7-10,12-13,18,22H,3-6,11H2,1-2H3/t18-/m0/s1. The Kier molecular flexibility index (Phi) is 5.50. The van der Waals surface area contributed by atoms with Crippen LogP contribution in [-0.2, 0) is 23.0 Å². The molecule has 6 nitrogen and oxygen atoms in total. The average Bonchev–Trinajstić information content (AvgIpc) is 3.02. The molecule has 0 bridgehead atoms. The van der Waals surface area contributed by atoms with E-state index in [1.165, 1.54) is 0 Å². The van der Waals surface area contributed by atoms with Gasteiger partial charge in [-0.25, -0.2) is 13.1 Å². The number of hydrogen-bond donors (Lipinski definition) is 1. The topological polar surface area (TPSA) is 77.4 Å². The first-order valence-electron chi connectivity index (χ1n) is 9.75. The highest BCUT2D eigenvalue weighted by Gasteiger charge is 2.26. The van der Waals surface area contributed by atoms with Gasteiger partial charge < -0.3 is 4.74 Å². The number of methoxy groups -OCH3 is 1. The van der Waals surface area contributed by atoms with Crippen molar-refractivity contribution in [3.05, 3.63) is 57.2 Å². The molecule has 0 fully saturated rings. The Balaban J connectivity index is 1.66. The highest BCUT2D eigenvalue weighted by atomic mass is 32.2. The van der Waals surface area contributed by atoms with Gasteiger partial charge in [0.2, 0.25) is 10.0 Å². The quantitative estimate of drug-likeness (QED) is 0.642. The van der Waals surface area contributed by atoms with Crippen LogP contribution in [0.5, 0.6) is 5.75 Å². The van der Waals surface area contributed by atoms with Crippen molar-refractivity contribution in [3.63, 3.8) is 0 Å². The lowest BCUT2D eigenvalue weighted by Gasteiger charge is -2.26. The second-order valence-electron chi connectivity index (χ2n) is 7.28. The maximum absolute atomic E-state index is 13.1. The summed E-state index contributed by atoms with van der Waals surface area (Å²) in [5, 5.41) is 0. The molecule has 1 aliphatic carbocycles. The van der Waals surface area contributed by atoms with Crippen LogP contribution in [0.15, 0.2) is 46.1 Å². The lowest BCUT2D eigenvalue weighted by molar-refractivity contribution is 0.412. The molecule has 1 atom stereocenters. The van der Waals surface area contributed by atoms with Crippen LogP contribution in [0.25, 0.3) is 10.2 Å². The van der Waals surface area contributed by atoms with E-state index in [4.69, 9.17) is 4.74 Å². The summed E-state index contributed by atoms with van der Waals surface area (Å²) < 4.78 is 36.7. The smallest absolute Gasteiger partial charge is 0.308 e. The Morgan fingerprint density at radius 3 is 2.83 bits per heavy atom. The van der Waals surface area contributed by atoms with Crippen LogP contribution in [-0.4, -0.2) is 20.1 Å². The van der Waals surface area contributed by atoms with E-state index in [0.29, 0.717) is 11.2 Å². The van der Waals surface area contributed by atoms with Crippen molar-refractivity contribution in [2.24, 2.45) is 0 Å². The minimum Gasteiger partial charge on any atom is -0.497 e. The number of aryl methyl sites for hydroxylation is 2. The fourth-order valence-corrected chi connectivity index (χ4v) is 6.25. The van der Waals surface area contributed by atoms with Gasteiger partial charge >= 0.3 is 4.87 Å². The summed E-state index contributed by atoms with van der Waals surface area (Å²) in [6.07, 6.45) is 3.42. The number of ether oxygens (including phenoxy) is 1. The van der Waals surface area contributed by atoms with Crippen LogP contribution in [0.2, 0.25) is 0 Å². The van der Waals surface area contributed by atoms with Crippen LogP contribution in [0.1, 0.15) is 43.4 Å². The summed E-state index contributed by atoms with van der Waals surface area (Å²) in [4.78, 5) is 12.3. The number of hydrogen-bond acceptors (Lipinski definition) is 5. The van der Waals surface area contributed by atoms with Gasteiger partial charge in [-0.15, -0.1) is 0 Å². The van der Waals surface area contributed by atoms with Gasteiger partial charge in [-0.1, -0.05) is 24.3 Å². The SMILES string of the molecule is CCCn1c(=O)sc2cc(S(=O)(=O)N[C@H]3CCCc4cc(OC)ccc43)ccc21. The van der Waals surface area contributed by atoms with Crippen LogP contribution < -0.4 is 14.3 Å². The van der Waals surface area contributed by atoms with E-state index in [0.717, 1.165) is 59.4 Å². The van der Waals surface area contributed by atoms with Gasteiger partial charge in [0, 0.05) is 12.6 Å². The molecule has 0 radical (unpaired) electrons. The van der Waals surface area contributed by atoms with E-state index in [2.05, 4.69) is 4.72 Å². The van der Waals surface area contributed by atoms with Crippen molar-refractivity contribution in [1.82, 2.24) is 9.29 Å². The molecule has 29 heavy (non-hydrogen) atoms. The van der Waals surface area contributed by atoms with Gasteiger partial charge in [0.05, 0.1) is 22.2 Å². The highest BCUT2D eigenvalue weighted by molar-refractivity contribution is 7.89. The van der Waals surface area contributed by atoms with Crippen molar-refractivity contribution in [3.8, 4) is 5.75 Å². The first-order chi connectivity index (χ1) is 13.9. The van der Waals surface area contributed by atoms with E-state index >= 15 is 0 Å². The minimum atomic E-state index is -3.71. The van der Waals surface area contributed by atoms with Crippen LogP contribution in [0.3, 0.4) is 0 Å². The zero-order valence-corrected chi connectivity index (χ0v) is 18.1. The summed E-state index contributed by atoms with van der Waals surface area (Å²) >= 11 is 1.09. The van der Waals surface area contributed by atoms with E-state index in [-0.39, 0.29) is 15.8 Å². The molecule has 0 saturated heterocycles. The van der Waals surface area contributed by atoms with Gasteiger partial charge in [0.25, 0.3) is 0 Å². The van der Waals surface area contributed by atoms with Gasteiger partial charge in [-0.3, -0.25) is 9.36 Å². The molecular formula is C21H24N2O4S2. The zero-order chi connectivity index (χ0) is 20.6. The normalized spacial score (nSPS) is 16.7. The summed E-state index contributed by atoms with van der Waals surface area (Å²) in [5.74, 6) is 0.782. The molecule has 0 amide bonds. The summed E-state index contributed by atoms with van der Waals surface area (Å²) in [6, 6.07) is 10.4. The Bertz CT molecular complexity index is 1210. The van der Waals surface area contributed by atoms with Crippen molar-refractivity contribution >= 4 is 31.6 Å². The molecule has 1 heterocycles. The zero-order valence-electron chi connectivity index (χ0n) is 16.5. The van der Waals surface area contributed by atoms with Gasteiger partial charge in [0.15, 0.2) is 0 Å². The number of rotatable bonds is 6. The van der Waals surface area contributed by atoms with Crippen molar-refractivity contribution in [2.75, 3.05) is 7.11 Å². The van der Waals surface area contributed by atoms with Crippen molar-refractivity contribution < 1.29 is 13.2 Å². The molecule has 4 rings (SSSR count). The predicted octanol–water partition coefficient (Wildman–Crippen LogP) is 3.84. The lowest BCUT2D eigenvalue weighted by Crippen LogP contribution is -2.31. The number of benzene rings is 2. The Morgan fingerprint density at radius 2 is 2.07 bits per heavy atom. The van der Waals surface area contributed by atoms with Crippen molar-refractivity contribution in [1.29, 1.82) is 0 Å². The molecule has 3 aromatic rings. The lowest BCUT2D eigenvalue weighted by atomic mass is 9.88. The predicted molar refractivity (Wildman–Crippen MR) is 115 cm³/mol. The molecule has 1 aliphatic rings. The minimum absolute atomic E-state index is 0.0560. The van der Waals surface area contributed by atoms with Crippen molar-refractivity contribution in [2.45, 2.75) is 50.1 Å². The highest BCUT2D eigenvalue weighted by Crippen LogP contribution is 2.33. The molecule has 154 valence electrons. The van der Waals surface area contributed by atoms with Gasteiger partial charge in [-0.05, 0) is 67.1 Å². The van der Waals surface area contributed by atoms with Gasteiger partial charge in [0.1, 0.15) is 5.75 Å². The number of aromatic nitrogens is 1. The Labute approximate surface area is 174 Å². The fraction of sp³-hybridized carbons (Fsp3) is 0.381. The van der Waals surface area contributed by atoms with Crippen LogP contribution in [0.4, 0.5) is 0 Å². The largest absolute Gasteiger partial charge is 0.497 e. The third kappa shape index (κ3) is 3.84. The molecule has 0 saturated carbocycles. The molecule has 0 spiro atoms. The molecule has 1 N–H and O–H groups in total. The van der Waals surface area contributed by atoms with E-state index in [1.807, 2.05) is 25.1 Å². The van der Waals surface area contributed by atoms with E-state index in [1.54, 1.807) is 29.9 Å². The van der Waals surface area contributed by atoms with Gasteiger partial charge in [-0.2, -0.15) is 0 Å². The summed E-state index contributed by atoms with van der Waals surface area (Å²) in [7, 11) is -2.08. The van der Waals surface area contributed by atoms with Crippen LogP contribution >= 0.6 is 11.3 Å². The molecule has 1 aromatic heterocycles. The first-order valence-corrected chi connectivity index (χ1v) is 12.1. The van der Waals surface area contributed by atoms with E-state index < -0.39 is 10.0 Å². The molecule has 2 aromatic carbocycles. The third-order valence-electron chi connectivity index (χ3n) is 5.36. The molecular weight excluding hydrogens is 408 g/mol. The average molecular weight is 433 g/mol. The fourth-order valence-electron chi connectivity index (χ4n) is 3.94. The first kappa shape index (κ1) is 20.1. The van der Waals surface area contributed by atoms with E-state index in [9.17, 15) is 13.2 Å². The monoisotopic (exact) mass is 432 g/mol. The summed E-state index contributed by atoms with van der Waals surface area (Å²) in [6.45, 7) is 2.64. The Hall–Kier alpha value is -2.16. The second-order valence-corrected chi connectivity index (χ2v) is 9.99. The molecule has 0 unspecified atom stereocenters. The number of nitrogens with one attached hydrogen (secondary N) is 1. The molecule has 0 aliphatic heterocycles. The van der Waals surface area contributed by atoms with Crippen LogP contribution in [0, 0.1) is 0 Å². The number of sulfonamides is 1. The maximum Gasteiger partial charge on any atom is 0.308 e. The number of thiazole rings is 1. The molecule has 8 heteroatoms. The number of fused-ring (bicyclic) bond motifs is 2. The Morgan fingerprint density at radius 1 is 1.24 bits per heavy atom. The third-order valence-corrected chi connectivity index (χ3v) is 7.77.